The first-order valence-corrected chi connectivity index (χ1v) is 5.76. The lowest BCUT2D eigenvalue weighted by molar-refractivity contribution is -0.105. The predicted molar refractivity (Wildman–Crippen MR) is 60.9 cm³/mol. The standard InChI is InChI=1S/C13H13F3O2/c14-12(13(15)16)9-4-6-10(7-5-9)18-11-3-1-2-8-17-11/h4-7,11H,1-3,8H2. The van der Waals surface area contributed by atoms with Crippen LogP contribution >= 0.6 is 0 Å². The number of ether oxygens (including phenoxy) is 2. The first-order valence-electron chi connectivity index (χ1n) is 5.76. The average molecular weight is 258 g/mol. The van der Waals surface area contributed by atoms with Crippen molar-refractivity contribution in [2.45, 2.75) is 25.6 Å². The van der Waals surface area contributed by atoms with Gasteiger partial charge in [0.15, 0.2) is 12.1 Å². The average Bonchev–Trinajstić information content (AvgIpc) is 2.40. The number of hydrogen-bond acceptors (Lipinski definition) is 2. The highest BCUT2D eigenvalue weighted by atomic mass is 19.3. The van der Waals surface area contributed by atoms with Crippen LogP contribution in [0.1, 0.15) is 24.8 Å². The van der Waals surface area contributed by atoms with E-state index < -0.39 is 11.9 Å². The van der Waals surface area contributed by atoms with Gasteiger partial charge in [0, 0.05) is 12.0 Å². The Labute approximate surface area is 103 Å². The summed E-state index contributed by atoms with van der Waals surface area (Å²) in [7, 11) is 0. The van der Waals surface area contributed by atoms with Crippen LogP contribution in [0.5, 0.6) is 5.75 Å². The van der Waals surface area contributed by atoms with Gasteiger partial charge in [-0.15, -0.1) is 0 Å². The molecule has 1 aromatic carbocycles. The number of halogens is 3. The highest BCUT2D eigenvalue weighted by Gasteiger charge is 2.15. The van der Waals surface area contributed by atoms with E-state index in [2.05, 4.69) is 0 Å². The maximum atomic E-state index is 12.9. The molecule has 5 heteroatoms. The summed E-state index contributed by atoms with van der Waals surface area (Å²) in [6.45, 7) is 0.660. The Morgan fingerprint density at radius 3 is 2.39 bits per heavy atom. The zero-order valence-corrected chi connectivity index (χ0v) is 9.67. The second kappa shape index (κ2) is 5.91. The molecule has 1 heterocycles. The van der Waals surface area contributed by atoms with Crippen molar-refractivity contribution in [2.75, 3.05) is 6.61 Å². The molecule has 1 saturated heterocycles. The molecule has 0 spiro atoms. The minimum Gasteiger partial charge on any atom is -0.465 e. The van der Waals surface area contributed by atoms with Crippen LogP contribution in [0, 0.1) is 0 Å². The van der Waals surface area contributed by atoms with Crippen molar-refractivity contribution in [2.24, 2.45) is 0 Å². The van der Waals surface area contributed by atoms with Crippen molar-refractivity contribution in [3.63, 3.8) is 0 Å². The van der Waals surface area contributed by atoms with Gasteiger partial charge in [-0.2, -0.15) is 8.78 Å². The van der Waals surface area contributed by atoms with Crippen molar-refractivity contribution in [3.8, 4) is 5.75 Å². The Kier molecular flexibility index (Phi) is 4.25. The molecule has 2 nitrogen and oxygen atoms in total. The van der Waals surface area contributed by atoms with Crippen LogP contribution in [0.4, 0.5) is 13.2 Å². The molecule has 0 saturated carbocycles. The van der Waals surface area contributed by atoms with Gasteiger partial charge in [0.25, 0.3) is 0 Å². The summed E-state index contributed by atoms with van der Waals surface area (Å²) in [6.07, 6.45) is 0.231. The van der Waals surface area contributed by atoms with Crippen LogP contribution in [0.3, 0.4) is 0 Å². The Morgan fingerprint density at radius 2 is 1.83 bits per heavy atom. The van der Waals surface area contributed by atoms with Crippen molar-refractivity contribution >= 4 is 5.83 Å². The number of benzene rings is 1. The van der Waals surface area contributed by atoms with E-state index in [-0.39, 0.29) is 11.9 Å². The van der Waals surface area contributed by atoms with Crippen LogP contribution < -0.4 is 4.74 Å². The van der Waals surface area contributed by atoms with Gasteiger partial charge in [0.2, 0.25) is 0 Å². The molecule has 0 aliphatic carbocycles. The molecular formula is C13H13F3O2. The topological polar surface area (TPSA) is 18.5 Å². The molecule has 1 unspecified atom stereocenters. The van der Waals surface area contributed by atoms with E-state index in [1.165, 1.54) is 24.3 Å². The fourth-order valence-electron chi connectivity index (χ4n) is 1.74. The van der Waals surface area contributed by atoms with Crippen molar-refractivity contribution < 1.29 is 22.6 Å². The third kappa shape index (κ3) is 3.26. The third-order valence-electron chi connectivity index (χ3n) is 2.68. The molecule has 0 bridgehead atoms. The van der Waals surface area contributed by atoms with E-state index in [9.17, 15) is 13.2 Å². The van der Waals surface area contributed by atoms with E-state index in [1.807, 2.05) is 0 Å². The van der Waals surface area contributed by atoms with Crippen molar-refractivity contribution in [1.82, 2.24) is 0 Å². The molecule has 1 aliphatic heterocycles. The van der Waals surface area contributed by atoms with Gasteiger partial charge in [0.05, 0.1) is 6.61 Å². The van der Waals surface area contributed by atoms with Crippen molar-refractivity contribution in [3.05, 3.63) is 35.9 Å². The van der Waals surface area contributed by atoms with Crippen LogP contribution in [0.2, 0.25) is 0 Å². The summed E-state index contributed by atoms with van der Waals surface area (Å²) in [5.74, 6) is -1.02. The SMILES string of the molecule is FC(F)=C(F)c1ccc(OC2CCCCO2)cc1. The van der Waals surface area contributed by atoms with E-state index in [4.69, 9.17) is 9.47 Å². The molecule has 1 fully saturated rings. The molecular weight excluding hydrogens is 245 g/mol. The van der Waals surface area contributed by atoms with Gasteiger partial charge in [-0.3, -0.25) is 0 Å². The maximum Gasteiger partial charge on any atom is 0.306 e. The lowest BCUT2D eigenvalue weighted by Crippen LogP contribution is -2.24. The second-order valence-corrected chi connectivity index (χ2v) is 4.01. The van der Waals surface area contributed by atoms with Crippen LogP contribution in [0.15, 0.2) is 30.3 Å². The fourth-order valence-corrected chi connectivity index (χ4v) is 1.74. The second-order valence-electron chi connectivity index (χ2n) is 4.01. The minimum atomic E-state index is -2.32. The zero-order chi connectivity index (χ0) is 13.0. The molecule has 0 aromatic heterocycles. The molecule has 0 radical (unpaired) electrons. The summed E-state index contributed by atoms with van der Waals surface area (Å²) in [6, 6.07) is 5.42. The lowest BCUT2D eigenvalue weighted by Gasteiger charge is -2.23. The quantitative estimate of drug-likeness (QED) is 0.811. The van der Waals surface area contributed by atoms with Gasteiger partial charge in [-0.25, -0.2) is 4.39 Å². The lowest BCUT2D eigenvalue weighted by atomic mass is 10.2. The first kappa shape index (κ1) is 13.0. The largest absolute Gasteiger partial charge is 0.465 e. The minimum absolute atomic E-state index is 0.160. The summed E-state index contributed by atoms with van der Waals surface area (Å²) in [5, 5.41) is 0. The van der Waals surface area contributed by atoms with Gasteiger partial charge < -0.3 is 9.47 Å². The van der Waals surface area contributed by atoms with Crippen molar-refractivity contribution in [1.29, 1.82) is 0 Å². The Balaban J connectivity index is 2.01. The molecule has 18 heavy (non-hydrogen) atoms. The highest BCUT2D eigenvalue weighted by molar-refractivity contribution is 5.60. The molecule has 0 amide bonds. The van der Waals surface area contributed by atoms with E-state index in [0.29, 0.717) is 12.4 Å². The molecule has 1 atom stereocenters. The normalized spacial score (nSPS) is 19.4. The van der Waals surface area contributed by atoms with Crippen LogP contribution in [-0.2, 0) is 4.74 Å². The van der Waals surface area contributed by atoms with E-state index in [0.717, 1.165) is 19.3 Å². The Hall–Kier alpha value is -1.49. The number of rotatable bonds is 3. The zero-order valence-electron chi connectivity index (χ0n) is 9.67. The maximum absolute atomic E-state index is 12.9. The van der Waals surface area contributed by atoms with Gasteiger partial charge in [-0.05, 0) is 37.1 Å². The highest BCUT2D eigenvalue weighted by Crippen LogP contribution is 2.25. The van der Waals surface area contributed by atoms with E-state index >= 15 is 0 Å². The van der Waals surface area contributed by atoms with Crippen LogP contribution in [0.25, 0.3) is 5.83 Å². The summed E-state index contributed by atoms with van der Waals surface area (Å²) < 4.78 is 47.9. The first-order chi connectivity index (χ1) is 8.66. The van der Waals surface area contributed by atoms with Gasteiger partial charge >= 0.3 is 6.08 Å². The molecule has 1 aromatic rings. The van der Waals surface area contributed by atoms with Crippen LogP contribution in [-0.4, -0.2) is 12.9 Å². The molecule has 0 N–H and O–H groups in total. The van der Waals surface area contributed by atoms with Gasteiger partial charge in [0.1, 0.15) is 5.75 Å². The Morgan fingerprint density at radius 1 is 1.11 bits per heavy atom. The summed E-state index contributed by atoms with van der Waals surface area (Å²) in [5.41, 5.74) is -0.160. The summed E-state index contributed by atoms with van der Waals surface area (Å²) >= 11 is 0. The smallest absolute Gasteiger partial charge is 0.306 e. The fraction of sp³-hybridized carbons (Fsp3) is 0.385. The molecule has 2 rings (SSSR count). The molecule has 98 valence electrons. The monoisotopic (exact) mass is 258 g/mol. The Bertz CT molecular complexity index is 418. The molecule has 1 aliphatic rings. The van der Waals surface area contributed by atoms with Gasteiger partial charge in [-0.1, -0.05) is 0 Å². The number of hydrogen-bond donors (Lipinski definition) is 0. The predicted octanol–water partition coefficient (Wildman–Crippen LogP) is 4.13. The summed E-state index contributed by atoms with van der Waals surface area (Å²) in [4.78, 5) is 0. The van der Waals surface area contributed by atoms with E-state index in [1.54, 1.807) is 0 Å². The third-order valence-corrected chi connectivity index (χ3v) is 2.68.